The van der Waals surface area contributed by atoms with Gasteiger partial charge in [0.05, 0.1) is 11.4 Å². The maximum absolute atomic E-state index is 13.6. The molecule has 1 aliphatic rings. The van der Waals surface area contributed by atoms with E-state index in [0.29, 0.717) is 0 Å². The van der Waals surface area contributed by atoms with Gasteiger partial charge in [-0.1, -0.05) is 30.3 Å². The van der Waals surface area contributed by atoms with Crippen molar-refractivity contribution in [2.45, 2.75) is 12.6 Å². The molecule has 128 valence electrons. The normalized spacial score (nSPS) is 18.4. The summed E-state index contributed by atoms with van der Waals surface area (Å²) >= 11 is 0. The van der Waals surface area contributed by atoms with Gasteiger partial charge in [-0.3, -0.25) is 4.90 Å². The summed E-state index contributed by atoms with van der Waals surface area (Å²) in [6.07, 6.45) is 1.99. The molecular formula is C20H21FN4. The van der Waals surface area contributed by atoms with Crippen molar-refractivity contribution in [3.63, 3.8) is 0 Å². The first-order valence-corrected chi connectivity index (χ1v) is 8.60. The number of aromatic nitrogens is 2. The maximum atomic E-state index is 13.6. The number of piperazine rings is 1. The predicted octanol–water partition coefficient (Wildman–Crippen LogP) is 3.16. The minimum Gasteiger partial charge on any atom is -0.314 e. The minimum absolute atomic E-state index is 0.159. The van der Waals surface area contributed by atoms with Crippen molar-refractivity contribution in [2.75, 3.05) is 19.6 Å². The summed E-state index contributed by atoms with van der Waals surface area (Å²) in [5.41, 5.74) is 3.08. The molecule has 5 heteroatoms. The largest absolute Gasteiger partial charge is 0.314 e. The van der Waals surface area contributed by atoms with Crippen molar-refractivity contribution in [1.29, 1.82) is 0 Å². The number of hydrogen-bond acceptors (Lipinski definition) is 3. The van der Waals surface area contributed by atoms with E-state index >= 15 is 0 Å². The molecule has 0 spiro atoms. The monoisotopic (exact) mass is 336 g/mol. The van der Waals surface area contributed by atoms with Crippen LogP contribution < -0.4 is 5.32 Å². The van der Waals surface area contributed by atoms with E-state index in [9.17, 15) is 4.39 Å². The van der Waals surface area contributed by atoms with Crippen LogP contribution >= 0.6 is 0 Å². The van der Waals surface area contributed by atoms with Gasteiger partial charge in [0.2, 0.25) is 0 Å². The highest BCUT2D eigenvalue weighted by atomic mass is 19.1. The number of halogens is 1. The molecule has 4 nitrogen and oxygen atoms in total. The van der Waals surface area contributed by atoms with Crippen LogP contribution in [0.1, 0.15) is 17.3 Å². The standard InChI is InChI=1S/C20H21FN4/c21-17-6-4-5-16(13-17)20-14-22-10-12-24(20)15-18-9-11-25(23-18)19-7-2-1-3-8-19/h1-9,11,13,20,22H,10,12,14-15H2. The van der Waals surface area contributed by atoms with Crippen molar-refractivity contribution < 1.29 is 4.39 Å². The van der Waals surface area contributed by atoms with E-state index in [-0.39, 0.29) is 11.9 Å². The van der Waals surface area contributed by atoms with Gasteiger partial charge < -0.3 is 5.32 Å². The van der Waals surface area contributed by atoms with Crippen LogP contribution in [0.25, 0.3) is 5.69 Å². The Balaban J connectivity index is 1.53. The van der Waals surface area contributed by atoms with Crippen molar-refractivity contribution in [2.24, 2.45) is 0 Å². The third-order valence-electron chi connectivity index (χ3n) is 4.62. The molecule has 1 unspecified atom stereocenters. The number of hydrogen-bond donors (Lipinski definition) is 1. The molecule has 1 fully saturated rings. The summed E-state index contributed by atoms with van der Waals surface area (Å²) in [5.74, 6) is -0.184. The summed E-state index contributed by atoms with van der Waals surface area (Å²) in [7, 11) is 0. The van der Waals surface area contributed by atoms with Crippen LogP contribution in [0, 0.1) is 5.82 Å². The van der Waals surface area contributed by atoms with Crippen LogP contribution in [0.5, 0.6) is 0 Å². The van der Waals surface area contributed by atoms with Gasteiger partial charge >= 0.3 is 0 Å². The van der Waals surface area contributed by atoms with E-state index < -0.39 is 0 Å². The molecule has 0 aliphatic carbocycles. The first kappa shape index (κ1) is 16.0. The van der Waals surface area contributed by atoms with Crippen molar-refractivity contribution in [1.82, 2.24) is 20.0 Å². The van der Waals surface area contributed by atoms with Gasteiger partial charge in [0.1, 0.15) is 5.82 Å². The second kappa shape index (κ2) is 7.17. The lowest BCUT2D eigenvalue weighted by atomic mass is 10.0. The summed E-state index contributed by atoms with van der Waals surface area (Å²) in [6, 6.07) is 19.2. The zero-order chi connectivity index (χ0) is 17.1. The molecule has 0 radical (unpaired) electrons. The second-order valence-electron chi connectivity index (χ2n) is 6.33. The van der Waals surface area contributed by atoms with Crippen LogP contribution in [-0.2, 0) is 6.54 Å². The Morgan fingerprint density at radius 3 is 2.80 bits per heavy atom. The van der Waals surface area contributed by atoms with E-state index in [1.165, 1.54) is 6.07 Å². The lowest BCUT2D eigenvalue weighted by molar-refractivity contribution is 0.151. The van der Waals surface area contributed by atoms with Crippen LogP contribution in [-0.4, -0.2) is 34.3 Å². The van der Waals surface area contributed by atoms with E-state index in [0.717, 1.165) is 43.1 Å². The fourth-order valence-electron chi connectivity index (χ4n) is 3.36. The molecule has 1 saturated heterocycles. The van der Waals surface area contributed by atoms with Gasteiger partial charge in [-0.25, -0.2) is 9.07 Å². The van der Waals surface area contributed by atoms with E-state index in [2.05, 4.69) is 16.3 Å². The first-order chi connectivity index (χ1) is 12.3. The molecule has 1 atom stereocenters. The van der Waals surface area contributed by atoms with Crippen LogP contribution in [0.15, 0.2) is 66.9 Å². The smallest absolute Gasteiger partial charge is 0.123 e. The van der Waals surface area contributed by atoms with Gasteiger partial charge in [0, 0.05) is 38.4 Å². The molecule has 3 aromatic rings. The molecule has 4 rings (SSSR count). The Morgan fingerprint density at radius 2 is 1.96 bits per heavy atom. The van der Waals surface area contributed by atoms with Gasteiger partial charge in [-0.15, -0.1) is 0 Å². The highest BCUT2D eigenvalue weighted by molar-refractivity contribution is 5.30. The third kappa shape index (κ3) is 3.62. The topological polar surface area (TPSA) is 33.1 Å². The first-order valence-electron chi connectivity index (χ1n) is 8.60. The van der Waals surface area contributed by atoms with Gasteiger partial charge in [0.15, 0.2) is 0 Å². The van der Waals surface area contributed by atoms with E-state index in [1.807, 2.05) is 47.3 Å². The summed E-state index contributed by atoms with van der Waals surface area (Å²) in [4.78, 5) is 2.36. The number of nitrogens with zero attached hydrogens (tertiary/aromatic N) is 3. The summed E-state index contributed by atoms with van der Waals surface area (Å²) < 4.78 is 15.5. The zero-order valence-corrected chi connectivity index (χ0v) is 14.0. The van der Waals surface area contributed by atoms with Crippen LogP contribution in [0.4, 0.5) is 4.39 Å². The van der Waals surface area contributed by atoms with Crippen molar-refractivity contribution >= 4 is 0 Å². The molecule has 1 N–H and O–H groups in total. The average Bonchev–Trinajstić information content (AvgIpc) is 3.11. The molecule has 0 saturated carbocycles. The zero-order valence-electron chi connectivity index (χ0n) is 14.0. The molecule has 1 aromatic heterocycles. The van der Waals surface area contributed by atoms with E-state index in [1.54, 1.807) is 12.1 Å². The lowest BCUT2D eigenvalue weighted by Crippen LogP contribution is -2.45. The second-order valence-corrected chi connectivity index (χ2v) is 6.33. The SMILES string of the molecule is Fc1cccc(C2CNCCN2Cc2ccn(-c3ccccc3)n2)c1. The Hall–Kier alpha value is -2.50. The molecule has 2 aromatic carbocycles. The third-order valence-corrected chi connectivity index (χ3v) is 4.62. The molecule has 0 amide bonds. The highest BCUT2D eigenvalue weighted by Crippen LogP contribution is 2.24. The highest BCUT2D eigenvalue weighted by Gasteiger charge is 2.24. The van der Waals surface area contributed by atoms with E-state index in [4.69, 9.17) is 5.10 Å². The molecule has 1 aliphatic heterocycles. The number of benzene rings is 2. The Labute approximate surface area is 146 Å². The molecular weight excluding hydrogens is 315 g/mol. The van der Waals surface area contributed by atoms with Gasteiger partial charge in [-0.2, -0.15) is 5.10 Å². The number of nitrogens with one attached hydrogen (secondary N) is 1. The number of rotatable bonds is 4. The maximum Gasteiger partial charge on any atom is 0.123 e. The predicted molar refractivity (Wildman–Crippen MR) is 96.0 cm³/mol. The van der Waals surface area contributed by atoms with Gasteiger partial charge in [0.25, 0.3) is 0 Å². The molecule has 0 bridgehead atoms. The average molecular weight is 336 g/mol. The van der Waals surface area contributed by atoms with Crippen molar-refractivity contribution in [3.8, 4) is 5.69 Å². The van der Waals surface area contributed by atoms with Crippen LogP contribution in [0.2, 0.25) is 0 Å². The molecule has 25 heavy (non-hydrogen) atoms. The number of para-hydroxylation sites is 1. The summed E-state index contributed by atoms with van der Waals surface area (Å²) in [6.45, 7) is 3.43. The fourth-order valence-corrected chi connectivity index (χ4v) is 3.36. The van der Waals surface area contributed by atoms with Crippen molar-refractivity contribution in [3.05, 3.63) is 83.9 Å². The van der Waals surface area contributed by atoms with Crippen LogP contribution in [0.3, 0.4) is 0 Å². The minimum atomic E-state index is -0.184. The fraction of sp³-hybridized carbons (Fsp3) is 0.250. The summed E-state index contributed by atoms with van der Waals surface area (Å²) in [5, 5.41) is 8.11. The molecule has 2 heterocycles. The quantitative estimate of drug-likeness (QED) is 0.794. The van der Waals surface area contributed by atoms with Gasteiger partial charge in [-0.05, 0) is 35.9 Å². The lowest BCUT2D eigenvalue weighted by Gasteiger charge is -2.36. The Bertz CT molecular complexity index is 830. The Kier molecular flexibility index (Phi) is 4.59. The Morgan fingerprint density at radius 1 is 1.08 bits per heavy atom.